The number of hydrogen-bond donors (Lipinski definition) is 1. The van der Waals surface area contributed by atoms with Crippen molar-refractivity contribution in [2.75, 3.05) is 6.54 Å². The highest BCUT2D eigenvalue weighted by Crippen LogP contribution is 2.15. The van der Waals surface area contributed by atoms with Gasteiger partial charge in [-0.15, -0.1) is 0 Å². The maximum atomic E-state index is 4.22. The zero-order valence-electron chi connectivity index (χ0n) is 12.0. The van der Waals surface area contributed by atoms with Crippen molar-refractivity contribution in [2.24, 2.45) is 0 Å². The highest BCUT2D eigenvalue weighted by molar-refractivity contribution is 5.25. The summed E-state index contributed by atoms with van der Waals surface area (Å²) >= 11 is 0. The molecule has 102 valence electrons. The highest BCUT2D eigenvalue weighted by Gasteiger charge is 2.06. The van der Waals surface area contributed by atoms with Crippen LogP contribution in [0.5, 0.6) is 0 Å². The molecule has 0 aliphatic heterocycles. The van der Waals surface area contributed by atoms with Gasteiger partial charge in [0.05, 0.1) is 6.54 Å². The fraction of sp³-hybridized carbons (Fsp3) is 0.438. The molecule has 0 fully saturated rings. The minimum Gasteiger partial charge on any atom is -0.314 e. The molecule has 2 aromatic rings. The van der Waals surface area contributed by atoms with E-state index in [-0.39, 0.29) is 0 Å². The summed E-state index contributed by atoms with van der Waals surface area (Å²) in [6.07, 6.45) is 3.80. The van der Waals surface area contributed by atoms with Gasteiger partial charge in [0.1, 0.15) is 0 Å². The molecule has 1 heterocycles. The van der Waals surface area contributed by atoms with Gasteiger partial charge in [0.25, 0.3) is 0 Å². The van der Waals surface area contributed by atoms with Crippen LogP contribution in [0.1, 0.15) is 37.8 Å². The number of rotatable bonds is 6. The summed E-state index contributed by atoms with van der Waals surface area (Å²) in [5.74, 6) is 0.543. The lowest BCUT2D eigenvalue weighted by atomic mass is 9.99. The number of hydrogen-bond acceptors (Lipinski definition) is 2. The van der Waals surface area contributed by atoms with E-state index < -0.39 is 0 Å². The highest BCUT2D eigenvalue weighted by atomic mass is 15.3. The summed E-state index contributed by atoms with van der Waals surface area (Å²) in [5.41, 5.74) is 2.67. The predicted molar refractivity (Wildman–Crippen MR) is 79.3 cm³/mol. The van der Waals surface area contributed by atoms with E-state index in [2.05, 4.69) is 55.5 Å². The lowest BCUT2D eigenvalue weighted by Crippen LogP contribution is -2.26. The van der Waals surface area contributed by atoms with Crippen LogP contribution in [0.25, 0.3) is 0 Å². The van der Waals surface area contributed by atoms with Crippen LogP contribution in [-0.4, -0.2) is 22.4 Å². The van der Waals surface area contributed by atoms with Gasteiger partial charge >= 0.3 is 0 Å². The first-order valence-electron chi connectivity index (χ1n) is 6.95. The number of benzene rings is 1. The molecule has 3 nitrogen and oxygen atoms in total. The van der Waals surface area contributed by atoms with Crippen LogP contribution in [0, 0.1) is 0 Å². The van der Waals surface area contributed by atoms with E-state index in [1.165, 1.54) is 11.1 Å². The van der Waals surface area contributed by atoms with Crippen LogP contribution < -0.4 is 5.32 Å². The number of nitrogens with zero attached hydrogens (tertiary/aromatic N) is 2. The fourth-order valence-corrected chi connectivity index (χ4v) is 2.06. The Morgan fingerprint density at radius 2 is 1.89 bits per heavy atom. The van der Waals surface area contributed by atoms with Crippen molar-refractivity contribution in [3.63, 3.8) is 0 Å². The van der Waals surface area contributed by atoms with Crippen molar-refractivity contribution in [3.05, 3.63) is 53.9 Å². The third kappa shape index (κ3) is 4.21. The lowest BCUT2D eigenvalue weighted by Gasteiger charge is -2.15. The second-order valence-electron chi connectivity index (χ2n) is 5.41. The molecule has 0 bridgehead atoms. The van der Waals surface area contributed by atoms with Gasteiger partial charge in [0, 0.05) is 25.0 Å². The number of nitrogens with one attached hydrogen (secondary N) is 1. The molecule has 0 spiro atoms. The second kappa shape index (κ2) is 6.53. The largest absolute Gasteiger partial charge is 0.314 e. The van der Waals surface area contributed by atoms with Crippen molar-refractivity contribution in [1.82, 2.24) is 15.1 Å². The van der Waals surface area contributed by atoms with Gasteiger partial charge < -0.3 is 5.32 Å². The summed E-state index contributed by atoms with van der Waals surface area (Å²) in [5, 5.41) is 7.71. The monoisotopic (exact) mass is 257 g/mol. The summed E-state index contributed by atoms with van der Waals surface area (Å²) in [6.45, 7) is 8.49. The van der Waals surface area contributed by atoms with Crippen LogP contribution in [-0.2, 0) is 6.54 Å². The van der Waals surface area contributed by atoms with Crippen LogP contribution in [0.15, 0.2) is 42.7 Å². The topological polar surface area (TPSA) is 29.9 Å². The Balaban J connectivity index is 1.94. The maximum absolute atomic E-state index is 4.22. The molecular weight excluding hydrogens is 234 g/mol. The summed E-state index contributed by atoms with van der Waals surface area (Å²) in [4.78, 5) is 0. The van der Waals surface area contributed by atoms with Gasteiger partial charge in [0.2, 0.25) is 0 Å². The molecule has 0 aliphatic rings. The van der Waals surface area contributed by atoms with Crippen molar-refractivity contribution < 1.29 is 0 Å². The van der Waals surface area contributed by atoms with Crippen LogP contribution in [0.3, 0.4) is 0 Å². The first kappa shape index (κ1) is 13.8. The van der Waals surface area contributed by atoms with Crippen LogP contribution >= 0.6 is 0 Å². The molecule has 1 aromatic carbocycles. The molecule has 3 heteroatoms. The normalized spacial score (nSPS) is 12.8. The van der Waals surface area contributed by atoms with E-state index in [0.717, 1.165) is 13.1 Å². The third-order valence-electron chi connectivity index (χ3n) is 3.28. The lowest BCUT2D eigenvalue weighted by molar-refractivity contribution is 0.548. The van der Waals surface area contributed by atoms with E-state index in [1.54, 1.807) is 0 Å². The molecular formula is C16H23N3. The quantitative estimate of drug-likeness (QED) is 0.862. The Bertz CT molecular complexity index is 471. The minimum atomic E-state index is 0.543. The SMILES string of the molecule is CC(C)NCC(C)c1ccc(Cn2cccn2)cc1. The summed E-state index contributed by atoms with van der Waals surface area (Å²) < 4.78 is 1.94. The van der Waals surface area contributed by atoms with Crippen LogP contribution in [0.4, 0.5) is 0 Å². The zero-order valence-corrected chi connectivity index (χ0v) is 12.0. The van der Waals surface area contributed by atoms with E-state index >= 15 is 0 Å². The molecule has 19 heavy (non-hydrogen) atoms. The first-order valence-corrected chi connectivity index (χ1v) is 6.95. The van der Waals surface area contributed by atoms with Crippen molar-refractivity contribution >= 4 is 0 Å². The molecule has 0 aliphatic carbocycles. The standard InChI is InChI=1S/C16H23N3/c1-13(2)17-11-14(3)16-7-5-15(6-8-16)12-19-10-4-9-18-19/h4-10,13-14,17H,11-12H2,1-3H3. The van der Waals surface area contributed by atoms with E-state index in [4.69, 9.17) is 0 Å². The maximum Gasteiger partial charge on any atom is 0.0659 e. The molecule has 0 amide bonds. The van der Waals surface area contributed by atoms with Crippen LogP contribution in [0.2, 0.25) is 0 Å². The third-order valence-corrected chi connectivity index (χ3v) is 3.28. The van der Waals surface area contributed by atoms with Gasteiger partial charge in [-0.1, -0.05) is 45.0 Å². The Morgan fingerprint density at radius 3 is 2.47 bits per heavy atom. The Labute approximate surface area is 115 Å². The van der Waals surface area contributed by atoms with Crippen molar-refractivity contribution in [3.8, 4) is 0 Å². The van der Waals surface area contributed by atoms with E-state index in [0.29, 0.717) is 12.0 Å². The van der Waals surface area contributed by atoms with Gasteiger partial charge in [0.15, 0.2) is 0 Å². The predicted octanol–water partition coefficient (Wildman–Crippen LogP) is 3.03. The fourth-order valence-electron chi connectivity index (χ4n) is 2.06. The Hall–Kier alpha value is -1.61. The molecule has 0 saturated carbocycles. The van der Waals surface area contributed by atoms with Gasteiger partial charge in [-0.2, -0.15) is 5.10 Å². The average Bonchev–Trinajstić information content (AvgIpc) is 2.89. The average molecular weight is 257 g/mol. The smallest absolute Gasteiger partial charge is 0.0659 e. The van der Waals surface area contributed by atoms with Crippen molar-refractivity contribution in [1.29, 1.82) is 0 Å². The molecule has 1 unspecified atom stereocenters. The molecule has 1 N–H and O–H groups in total. The zero-order chi connectivity index (χ0) is 13.7. The molecule has 1 atom stereocenters. The Kier molecular flexibility index (Phi) is 4.74. The summed E-state index contributed by atoms with van der Waals surface area (Å²) in [6, 6.07) is 11.3. The van der Waals surface area contributed by atoms with Gasteiger partial charge in [-0.05, 0) is 23.1 Å². The minimum absolute atomic E-state index is 0.543. The first-order chi connectivity index (χ1) is 9.15. The molecule has 2 rings (SSSR count). The van der Waals surface area contributed by atoms with E-state index in [1.807, 2.05) is 23.1 Å². The second-order valence-corrected chi connectivity index (χ2v) is 5.41. The van der Waals surface area contributed by atoms with Gasteiger partial charge in [-0.25, -0.2) is 0 Å². The van der Waals surface area contributed by atoms with Crippen molar-refractivity contribution in [2.45, 2.75) is 39.3 Å². The molecule has 1 aromatic heterocycles. The number of aromatic nitrogens is 2. The van der Waals surface area contributed by atoms with E-state index in [9.17, 15) is 0 Å². The Morgan fingerprint density at radius 1 is 1.16 bits per heavy atom. The molecule has 0 saturated heterocycles. The summed E-state index contributed by atoms with van der Waals surface area (Å²) in [7, 11) is 0. The molecule has 0 radical (unpaired) electrons. The van der Waals surface area contributed by atoms with Gasteiger partial charge in [-0.3, -0.25) is 4.68 Å².